The van der Waals surface area contributed by atoms with E-state index in [1.807, 2.05) is 30.3 Å². The smallest absolute Gasteiger partial charge is 0.261 e. The fourth-order valence-corrected chi connectivity index (χ4v) is 3.47. The molecule has 2 amide bonds. The number of fused-ring (bicyclic) bond motifs is 2. The molecular formula is C24H22N2O5. The van der Waals surface area contributed by atoms with Crippen molar-refractivity contribution in [3.63, 3.8) is 0 Å². The molecule has 0 radical (unpaired) electrons. The Morgan fingerprint density at radius 2 is 1.74 bits per heavy atom. The van der Waals surface area contributed by atoms with Crippen molar-refractivity contribution in [2.24, 2.45) is 0 Å². The Labute approximate surface area is 180 Å². The Kier molecular flexibility index (Phi) is 5.49. The van der Waals surface area contributed by atoms with Gasteiger partial charge in [-0.2, -0.15) is 0 Å². The number of ether oxygens (including phenoxy) is 3. The van der Waals surface area contributed by atoms with Crippen LogP contribution in [0.15, 0.2) is 60.7 Å². The van der Waals surface area contributed by atoms with E-state index in [4.69, 9.17) is 14.2 Å². The summed E-state index contributed by atoms with van der Waals surface area (Å²) in [6.45, 7) is 0. The summed E-state index contributed by atoms with van der Waals surface area (Å²) >= 11 is 0. The Hall–Kier alpha value is -4.00. The lowest BCUT2D eigenvalue weighted by molar-refractivity contribution is -0.115. The van der Waals surface area contributed by atoms with Gasteiger partial charge in [-0.1, -0.05) is 18.2 Å². The molecule has 1 heterocycles. The van der Waals surface area contributed by atoms with Crippen LogP contribution < -0.4 is 24.4 Å². The summed E-state index contributed by atoms with van der Waals surface area (Å²) in [5, 5.41) is 2.85. The fourth-order valence-electron chi connectivity index (χ4n) is 3.47. The normalized spacial score (nSPS) is 12.2. The highest BCUT2D eigenvalue weighted by Gasteiger charge is 2.26. The van der Waals surface area contributed by atoms with Crippen LogP contribution in [0.4, 0.5) is 11.4 Å². The molecule has 0 atom stereocenters. The van der Waals surface area contributed by atoms with Crippen LogP contribution in [-0.2, 0) is 11.2 Å². The molecule has 0 bridgehead atoms. The van der Waals surface area contributed by atoms with Gasteiger partial charge in [-0.3, -0.25) is 9.59 Å². The molecule has 31 heavy (non-hydrogen) atoms. The standard InChI is InChI=1S/C24H22N2O5/c1-26-18-6-4-5-7-20(18)31-19-11-9-16(14-17(19)24(26)28)25-23(27)13-15-8-10-21(29-2)22(12-15)30-3/h4-12,14H,13H2,1-3H3,(H,25,27). The van der Waals surface area contributed by atoms with Crippen LogP contribution in [0.3, 0.4) is 0 Å². The summed E-state index contributed by atoms with van der Waals surface area (Å²) < 4.78 is 16.5. The second-order valence-electron chi connectivity index (χ2n) is 7.06. The van der Waals surface area contributed by atoms with Gasteiger partial charge < -0.3 is 24.4 Å². The minimum atomic E-state index is -0.217. The number of carbonyl (C=O) groups excluding carboxylic acids is 2. The van der Waals surface area contributed by atoms with Crippen molar-refractivity contribution in [2.75, 3.05) is 31.5 Å². The number of rotatable bonds is 5. The molecule has 0 spiro atoms. The van der Waals surface area contributed by atoms with E-state index in [-0.39, 0.29) is 18.2 Å². The van der Waals surface area contributed by atoms with Crippen molar-refractivity contribution in [1.29, 1.82) is 0 Å². The first-order valence-electron chi connectivity index (χ1n) is 9.70. The molecule has 4 rings (SSSR count). The zero-order valence-electron chi connectivity index (χ0n) is 17.5. The Morgan fingerprint density at radius 1 is 0.968 bits per heavy atom. The molecule has 0 fully saturated rings. The van der Waals surface area contributed by atoms with E-state index >= 15 is 0 Å². The van der Waals surface area contributed by atoms with Gasteiger partial charge in [0.05, 0.1) is 31.9 Å². The lowest BCUT2D eigenvalue weighted by atomic mass is 10.1. The first-order valence-corrected chi connectivity index (χ1v) is 9.70. The number of methoxy groups -OCH3 is 2. The molecule has 1 aliphatic rings. The number of amides is 2. The predicted octanol–water partition coefficient (Wildman–Crippen LogP) is 4.27. The van der Waals surface area contributed by atoms with E-state index in [0.717, 1.165) is 5.56 Å². The van der Waals surface area contributed by atoms with Gasteiger partial charge in [0.2, 0.25) is 5.91 Å². The van der Waals surface area contributed by atoms with Crippen molar-refractivity contribution in [3.8, 4) is 23.0 Å². The van der Waals surface area contributed by atoms with Gasteiger partial charge in [-0.05, 0) is 48.0 Å². The van der Waals surface area contributed by atoms with Crippen LogP contribution in [0.2, 0.25) is 0 Å². The average molecular weight is 418 g/mol. The zero-order valence-corrected chi connectivity index (χ0v) is 17.5. The lowest BCUT2D eigenvalue weighted by Crippen LogP contribution is -2.25. The summed E-state index contributed by atoms with van der Waals surface area (Å²) in [6.07, 6.45) is 0.146. The molecule has 0 aliphatic carbocycles. The minimum absolute atomic E-state index is 0.146. The first kappa shape index (κ1) is 20.3. The van der Waals surface area contributed by atoms with Crippen molar-refractivity contribution < 1.29 is 23.8 Å². The van der Waals surface area contributed by atoms with Crippen LogP contribution >= 0.6 is 0 Å². The maximum absolute atomic E-state index is 13.0. The highest BCUT2D eigenvalue weighted by Crippen LogP contribution is 2.38. The molecule has 1 aliphatic heterocycles. The number of hydrogen-bond donors (Lipinski definition) is 1. The first-order chi connectivity index (χ1) is 15.0. The third kappa shape index (κ3) is 4.02. The van der Waals surface area contributed by atoms with Gasteiger partial charge in [0.1, 0.15) is 5.75 Å². The minimum Gasteiger partial charge on any atom is -0.493 e. The Balaban J connectivity index is 1.53. The Bertz CT molecular complexity index is 1160. The van der Waals surface area contributed by atoms with Gasteiger partial charge >= 0.3 is 0 Å². The molecule has 7 nitrogen and oxygen atoms in total. The maximum Gasteiger partial charge on any atom is 0.261 e. The van der Waals surface area contributed by atoms with Crippen molar-refractivity contribution in [1.82, 2.24) is 0 Å². The predicted molar refractivity (Wildman–Crippen MR) is 118 cm³/mol. The Morgan fingerprint density at radius 3 is 2.52 bits per heavy atom. The SMILES string of the molecule is COc1ccc(CC(=O)Nc2ccc3c(c2)C(=O)N(C)c2ccccc2O3)cc1OC. The van der Waals surface area contributed by atoms with Crippen LogP contribution in [0.25, 0.3) is 0 Å². The third-order valence-corrected chi connectivity index (χ3v) is 5.06. The molecule has 0 unspecified atom stereocenters. The average Bonchev–Trinajstić information content (AvgIpc) is 2.88. The van der Waals surface area contributed by atoms with Crippen molar-refractivity contribution in [3.05, 3.63) is 71.8 Å². The maximum atomic E-state index is 13.0. The number of carbonyl (C=O) groups is 2. The molecule has 3 aromatic rings. The zero-order chi connectivity index (χ0) is 22.0. The van der Waals surface area contributed by atoms with Gasteiger partial charge in [0.25, 0.3) is 5.91 Å². The molecule has 158 valence electrons. The van der Waals surface area contributed by atoms with Crippen LogP contribution in [-0.4, -0.2) is 33.1 Å². The summed E-state index contributed by atoms with van der Waals surface area (Å²) in [5.41, 5.74) is 2.35. The fraction of sp³-hybridized carbons (Fsp3) is 0.167. The van der Waals surface area contributed by atoms with E-state index in [0.29, 0.717) is 39.9 Å². The van der Waals surface area contributed by atoms with E-state index in [9.17, 15) is 9.59 Å². The molecule has 0 saturated heterocycles. The second kappa shape index (κ2) is 8.39. The number of nitrogens with zero attached hydrogens (tertiary/aromatic N) is 1. The second-order valence-corrected chi connectivity index (χ2v) is 7.06. The van der Waals surface area contributed by atoms with Crippen molar-refractivity contribution in [2.45, 2.75) is 6.42 Å². The van der Waals surface area contributed by atoms with E-state index in [2.05, 4.69) is 5.32 Å². The summed E-state index contributed by atoms with van der Waals surface area (Å²) in [7, 11) is 4.80. The molecule has 7 heteroatoms. The van der Waals surface area contributed by atoms with Gasteiger partial charge in [-0.15, -0.1) is 0 Å². The van der Waals surface area contributed by atoms with Crippen molar-refractivity contribution >= 4 is 23.2 Å². The van der Waals surface area contributed by atoms with E-state index in [1.165, 1.54) is 4.90 Å². The topological polar surface area (TPSA) is 77.1 Å². The van der Waals surface area contributed by atoms with E-state index in [1.54, 1.807) is 51.6 Å². The van der Waals surface area contributed by atoms with Gasteiger partial charge in [-0.25, -0.2) is 0 Å². The quantitative estimate of drug-likeness (QED) is 0.670. The summed E-state index contributed by atoms with van der Waals surface area (Å²) in [6, 6.07) is 17.7. The summed E-state index contributed by atoms with van der Waals surface area (Å²) in [5.74, 6) is 1.77. The summed E-state index contributed by atoms with van der Waals surface area (Å²) in [4.78, 5) is 27.1. The monoisotopic (exact) mass is 418 g/mol. The highest BCUT2D eigenvalue weighted by atomic mass is 16.5. The number of para-hydroxylation sites is 2. The molecule has 0 aromatic heterocycles. The lowest BCUT2D eigenvalue weighted by Gasteiger charge is -2.16. The largest absolute Gasteiger partial charge is 0.493 e. The van der Waals surface area contributed by atoms with Gasteiger partial charge in [0, 0.05) is 12.7 Å². The molecule has 1 N–H and O–H groups in total. The van der Waals surface area contributed by atoms with Gasteiger partial charge in [0.15, 0.2) is 17.2 Å². The number of benzene rings is 3. The highest BCUT2D eigenvalue weighted by molar-refractivity contribution is 6.10. The number of hydrogen-bond acceptors (Lipinski definition) is 5. The molecule has 0 saturated carbocycles. The molecular weight excluding hydrogens is 396 g/mol. The number of nitrogens with one attached hydrogen (secondary N) is 1. The van der Waals surface area contributed by atoms with Crippen LogP contribution in [0, 0.1) is 0 Å². The van der Waals surface area contributed by atoms with Crippen LogP contribution in [0.1, 0.15) is 15.9 Å². The van der Waals surface area contributed by atoms with Crippen LogP contribution in [0.5, 0.6) is 23.0 Å². The third-order valence-electron chi connectivity index (χ3n) is 5.06. The van der Waals surface area contributed by atoms with E-state index < -0.39 is 0 Å². The molecule has 3 aromatic carbocycles. The number of anilines is 2.